The van der Waals surface area contributed by atoms with Gasteiger partial charge in [-0.15, -0.1) is 6.42 Å². The Hall–Kier alpha value is -2.55. The van der Waals surface area contributed by atoms with Gasteiger partial charge in [-0.25, -0.2) is 9.18 Å². The minimum absolute atomic E-state index is 0.0388. The molecular formula is C12H10FNO4. The van der Waals surface area contributed by atoms with Crippen molar-refractivity contribution >= 4 is 11.9 Å². The number of carbonyl (C=O) groups excluding carboxylic acids is 1. The first kappa shape index (κ1) is 13.5. The van der Waals surface area contributed by atoms with Gasteiger partial charge in [0.2, 0.25) is 0 Å². The molecule has 0 aliphatic rings. The highest BCUT2D eigenvalue weighted by Crippen LogP contribution is 2.19. The van der Waals surface area contributed by atoms with Crippen molar-refractivity contribution in [2.24, 2.45) is 0 Å². The van der Waals surface area contributed by atoms with Gasteiger partial charge >= 0.3 is 5.97 Å². The molecule has 5 nitrogen and oxygen atoms in total. The maximum absolute atomic E-state index is 12.9. The van der Waals surface area contributed by atoms with E-state index < -0.39 is 24.3 Å². The second kappa shape index (κ2) is 6.25. The standard InChI is InChI=1S/C12H10FNO4/c1-2-5-14-11(15)7-18-10-6-8(13)3-4-9(10)12(16)17/h1,3-4,6H,5,7H2,(H,14,15)(H,16,17). The van der Waals surface area contributed by atoms with Crippen molar-refractivity contribution < 1.29 is 23.8 Å². The van der Waals surface area contributed by atoms with Crippen molar-refractivity contribution in [1.82, 2.24) is 5.32 Å². The molecule has 2 N–H and O–H groups in total. The van der Waals surface area contributed by atoms with Crippen LogP contribution in [0.25, 0.3) is 0 Å². The predicted molar refractivity (Wildman–Crippen MR) is 60.7 cm³/mol. The number of hydrogen-bond acceptors (Lipinski definition) is 3. The van der Waals surface area contributed by atoms with Crippen LogP contribution >= 0.6 is 0 Å². The summed E-state index contributed by atoms with van der Waals surface area (Å²) in [6, 6.07) is 2.96. The summed E-state index contributed by atoms with van der Waals surface area (Å²) >= 11 is 0. The lowest BCUT2D eigenvalue weighted by Gasteiger charge is -2.08. The van der Waals surface area contributed by atoms with Gasteiger partial charge in [-0.3, -0.25) is 4.79 Å². The molecule has 94 valence electrons. The molecule has 0 aromatic heterocycles. The summed E-state index contributed by atoms with van der Waals surface area (Å²) in [4.78, 5) is 22.0. The molecule has 0 unspecified atom stereocenters. The molecule has 1 aromatic carbocycles. The van der Waals surface area contributed by atoms with E-state index in [-0.39, 0.29) is 17.9 Å². The fourth-order valence-electron chi connectivity index (χ4n) is 1.14. The molecule has 0 aliphatic heterocycles. The number of aromatic carboxylic acids is 1. The average Bonchev–Trinajstić information content (AvgIpc) is 2.33. The first-order chi connectivity index (χ1) is 8.54. The van der Waals surface area contributed by atoms with E-state index in [0.29, 0.717) is 0 Å². The van der Waals surface area contributed by atoms with E-state index >= 15 is 0 Å². The Morgan fingerprint density at radius 2 is 2.22 bits per heavy atom. The highest BCUT2D eigenvalue weighted by molar-refractivity contribution is 5.91. The molecule has 0 saturated carbocycles. The number of rotatable bonds is 5. The van der Waals surface area contributed by atoms with Gasteiger partial charge in [0, 0.05) is 6.07 Å². The molecule has 0 radical (unpaired) electrons. The van der Waals surface area contributed by atoms with Crippen LogP contribution in [0, 0.1) is 18.2 Å². The third kappa shape index (κ3) is 3.79. The van der Waals surface area contributed by atoms with E-state index in [9.17, 15) is 14.0 Å². The largest absolute Gasteiger partial charge is 0.483 e. The van der Waals surface area contributed by atoms with E-state index in [4.69, 9.17) is 16.3 Å². The quantitative estimate of drug-likeness (QED) is 0.753. The second-order valence-electron chi connectivity index (χ2n) is 3.22. The predicted octanol–water partition coefficient (Wildman–Crippen LogP) is 0.652. The number of carboxylic acid groups (broad SMARTS) is 1. The van der Waals surface area contributed by atoms with Crippen LogP contribution in [-0.2, 0) is 4.79 Å². The van der Waals surface area contributed by atoms with Gasteiger partial charge in [-0.05, 0) is 12.1 Å². The molecule has 0 fully saturated rings. The molecule has 0 saturated heterocycles. The van der Waals surface area contributed by atoms with Crippen LogP contribution < -0.4 is 10.1 Å². The molecule has 1 rings (SSSR count). The minimum Gasteiger partial charge on any atom is -0.483 e. The van der Waals surface area contributed by atoms with Gasteiger partial charge in [-0.1, -0.05) is 5.92 Å². The van der Waals surface area contributed by atoms with Gasteiger partial charge in [0.25, 0.3) is 5.91 Å². The molecule has 0 spiro atoms. The SMILES string of the molecule is C#CCNC(=O)COc1cc(F)ccc1C(=O)O. The summed E-state index contributed by atoms with van der Waals surface area (Å²) in [7, 11) is 0. The van der Waals surface area contributed by atoms with E-state index in [1.807, 2.05) is 0 Å². The molecule has 0 bridgehead atoms. The normalized spacial score (nSPS) is 9.33. The van der Waals surface area contributed by atoms with Crippen molar-refractivity contribution in [3.8, 4) is 18.1 Å². The number of carboxylic acids is 1. The number of benzene rings is 1. The van der Waals surface area contributed by atoms with Gasteiger partial charge in [-0.2, -0.15) is 0 Å². The van der Waals surface area contributed by atoms with Crippen molar-refractivity contribution in [3.05, 3.63) is 29.6 Å². The van der Waals surface area contributed by atoms with Crippen molar-refractivity contribution in [3.63, 3.8) is 0 Å². The topological polar surface area (TPSA) is 75.6 Å². The number of carbonyl (C=O) groups is 2. The minimum atomic E-state index is -1.27. The van der Waals surface area contributed by atoms with Crippen molar-refractivity contribution in [2.75, 3.05) is 13.2 Å². The second-order valence-corrected chi connectivity index (χ2v) is 3.22. The summed E-state index contributed by atoms with van der Waals surface area (Å²) in [5, 5.41) is 11.2. The Kier molecular flexibility index (Phi) is 4.69. The number of halogens is 1. The maximum Gasteiger partial charge on any atom is 0.339 e. The van der Waals surface area contributed by atoms with Crippen LogP contribution in [0.1, 0.15) is 10.4 Å². The number of ether oxygens (including phenoxy) is 1. The molecule has 0 atom stereocenters. The highest BCUT2D eigenvalue weighted by Gasteiger charge is 2.13. The van der Waals surface area contributed by atoms with Gasteiger partial charge in [0.15, 0.2) is 6.61 Å². The van der Waals surface area contributed by atoms with Crippen LogP contribution in [0.5, 0.6) is 5.75 Å². The van der Waals surface area contributed by atoms with Crippen LogP contribution in [0.15, 0.2) is 18.2 Å². The van der Waals surface area contributed by atoms with Crippen LogP contribution in [0.2, 0.25) is 0 Å². The summed E-state index contributed by atoms with van der Waals surface area (Å²) in [5.74, 6) is -0.459. The molecule has 0 aliphatic carbocycles. The Balaban J connectivity index is 2.72. The first-order valence-corrected chi connectivity index (χ1v) is 4.90. The zero-order chi connectivity index (χ0) is 13.5. The first-order valence-electron chi connectivity index (χ1n) is 4.90. The monoisotopic (exact) mass is 251 g/mol. The zero-order valence-electron chi connectivity index (χ0n) is 9.27. The van der Waals surface area contributed by atoms with Crippen molar-refractivity contribution in [2.45, 2.75) is 0 Å². The number of amides is 1. The molecule has 0 heterocycles. The Morgan fingerprint density at radius 3 is 2.83 bits per heavy atom. The van der Waals surface area contributed by atoms with Crippen LogP contribution in [0.3, 0.4) is 0 Å². The van der Waals surface area contributed by atoms with E-state index in [2.05, 4.69) is 11.2 Å². The Bertz CT molecular complexity index is 507. The zero-order valence-corrected chi connectivity index (χ0v) is 9.27. The summed E-state index contributed by atoms with van der Waals surface area (Å²) < 4.78 is 17.9. The van der Waals surface area contributed by atoms with Crippen molar-refractivity contribution in [1.29, 1.82) is 0 Å². The number of nitrogens with one attached hydrogen (secondary N) is 1. The Labute approximate surface area is 103 Å². The summed E-state index contributed by atoms with van der Waals surface area (Å²) in [6.45, 7) is -0.400. The Morgan fingerprint density at radius 1 is 1.50 bits per heavy atom. The van der Waals surface area contributed by atoms with Gasteiger partial charge < -0.3 is 15.2 Å². The third-order valence-electron chi connectivity index (χ3n) is 1.92. The summed E-state index contributed by atoms with van der Waals surface area (Å²) in [5.41, 5.74) is -0.221. The van der Waals surface area contributed by atoms with Gasteiger partial charge in [0.05, 0.1) is 6.54 Å². The van der Waals surface area contributed by atoms with E-state index in [1.54, 1.807) is 0 Å². The number of terminal acetylenes is 1. The average molecular weight is 251 g/mol. The maximum atomic E-state index is 12.9. The third-order valence-corrected chi connectivity index (χ3v) is 1.92. The molecule has 1 amide bonds. The lowest BCUT2D eigenvalue weighted by molar-refractivity contribution is -0.122. The molecule has 18 heavy (non-hydrogen) atoms. The smallest absolute Gasteiger partial charge is 0.339 e. The highest BCUT2D eigenvalue weighted by atomic mass is 19.1. The van der Waals surface area contributed by atoms with Crippen LogP contribution in [-0.4, -0.2) is 30.1 Å². The summed E-state index contributed by atoms with van der Waals surface area (Å²) in [6.07, 6.45) is 4.93. The molecule has 6 heteroatoms. The van der Waals surface area contributed by atoms with Crippen LogP contribution in [0.4, 0.5) is 4.39 Å². The molecule has 1 aromatic rings. The van der Waals surface area contributed by atoms with Gasteiger partial charge in [0.1, 0.15) is 17.1 Å². The fourth-order valence-corrected chi connectivity index (χ4v) is 1.14. The fraction of sp³-hybridized carbons (Fsp3) is 0.167. The lowest BCUT2D eigenvalue weighted by Crippen LogP contribution is -2.29. The molecular weight excluding hydrogens is 241 g/mol. The van der Waals surface area contributed by atoms with E-state index in [0.717, 1.165) is 18.2 Å². The van der Waals surface area contributed by atoms with E-state index in [1.165, 1.54) is 0 Å². The lowest BCUT2D eigenvalue weighted by atomic mass is 10.2. The number of hydrogen-bond donors (Lipinski definition) is 2.